The van der Waals surface area contributed by atoms with E-state index in [9.17, 15) is 31.1 Å². The van der Waals surface area contributed by atoms with Crippen molar-refractivity contribution >= 4 is 50.8 Å². The highest BCUT2D eigenvalue weighted by atomic mass is 32.2. The van der Waals surface area contributed by atoms with Gasteiger partial charge in [-0.3, -0.25) is 4.72 Å². The number of halogens is 4. The molecule has 1 aliphatic carbocycles. The molecule has 3 N–H and O–H groups in total. The maximum absolute atomic E-state index is 13.7. The van der Waals surface area contributed by atoms with Crippen molar-refractivity contribution in [3.05, 3.63) is 126 Å². The van der Waals surface area contributed by atoms with Crippen LogP contribution < -0.4 is 19.2 Å². The summed E-state index contributed by atoms with van der Waals surface area (Å²) in [5, 5.41) is 10.7. The average Bonchev–Trinajstić information content (AvgIpc) is 3.43. The maximum Gasteiger partial charge on any atom is 0.501 e. The van der Waals surface area contributed by atoms with Crippen LogP contribution in [0.15, 0.2) is 119 Å². The van der Waals surface area contributed by atoms with Gasteiger partial charge in [-0.05, 0) is 128 Å². The Morgan fingerprint density at radius 2 is 1.46 bits per heavy atom. The summed E-state index contributed by atoms with van der Waals surface area (Å²) in [5.74, 6) is -0.129. The second kappa shape index (κ2) is 16.5. The van der Waals surface area contributed by atoms with Gasteiger partial charge < -0.3 is 24.2 Å². The van der Waals surface area contributed by atoms with Crippen LogP contribution in [0.25, 0.3) is 22.4 Å². The minimum Gasteiger partial charge on any atom is -0.505 e. The number of anilines is 3. The number of nitrogens with one attached hydrogen (secondary N) is 2. The van der Waals surface area contributed by atoms with Gasteiger partial charge in [0.1, 0.15) is 11.6 Å². The number of aromatic nitrogens is 1. The first-order valence-corrected chi connectivity index (χ1v) is 21.2. The number of piperazine rings is 1. The van der Waals surface area contributed by atoms with Gasteiger partial charge in [0.15, 0.2) is 0 Å². The molecule has 56 heavy (non-hydrogen) atoms. The van der Waals surface area contributed by atoms with Gasteiger partial charge >= 0.3 is 5.51 Å². The van der Waals surface area contributed by atoms with E-state index in [4.69, 9.17) is 0 Å². The molecule has 0 spiro atoms. The van der Waals surface area contributed by atoms with Crippen LogP contribution in [0, 0.1) is 12.7 Å². The molecular formula is C41H41F4N5O3S3. The van der Waals surface area contributed by atoms with Crippen LogP contribution in [0.2, 0.25) is 0 Å². The second-order valence-electron chi connectivity index (χ2n) is 13.7. The summed E-state index contributed by atoms with van der Waals surface area (Å²) in [7, 11) is -3.64. The Morgan fingerprint density at radius 3 is 2.12 bits per heavy atom. The third-order valence-corrected chi connectivity index (χ3v) is 13.8. The van der Waals surface area contributed by atoms with Crippen molar-refractivity contribution in [2.24, 2.45) is 7.05 Å². The van der Waals surface area contributed by atoms with Crippen molar-refractivity contribution < 1.29 is 31.1 Å². The van der Waals surface area contributed by atoms with E-state index in [2.05, 4.69) is 31.4 Å². The van der Waals surface area contributed by atoms with Crippen molar-refractivity contribution in [3.8, 4) is 28.1 Å². The topological polar surface area (TPSA) is 89.8 Å². The van der Waals surface area contributed by atoms with Crippen molar-refractivity contribution in [1.29, 1.82) is 0 Å². The standard InChI is InChI=1S/C41H41F4N5O3S3/c1-27-40(51)38(39(48(27)2)28-11-13-30(42)14-12-28)29-7-6-8-33(25-29)50-23-21-49(22-24-50)32-17-15-31(16-18-32)46-55-35-19-20-36(47-54-34-9-4-3-5-10-34)37(26-35)56(52,53)41(43,44)45/h3-18,25-26,35-36,46-47,51H,19-24H2,1-2H3. The lowest BCUT2D eigenvalue weighted by atomic mass is 9.99. The van der Waals surface area contributed by atoms with Gasteiger partial charge in [0, 0.05) is 66.0 Å². The molecule has 1 aliphatic heterocycles. The molecule has 5 aromatic rings. The molecular weight excluding hydrogens is 783 g/mol. The first-order valence-electron chi connectivity index (χ1n) is 18.1. The zero-order chi connectivity index (χ0) is 39.6. The molecule has 0 radical (unpaired) electrons. The third-order valence-electron chi connectivity index (χ3n) is 10.2. The molecule has 0 amide bonds. The summed E-state index contributed by atoms with van der Waals surface area (Å²) in [5.41, 5.74) is 1.32. The molecule has 1 saturated heterocycles. The summed E-state index contributed by atoms with van der Waals surface area (Å²) >= 11 is 2.31. The highest BCUT2D eigenvalue weighted by Crippen LogP contribution is 2.44. The van der Waals surface area contributed by atoms with Crippen LogP contribution in [0.4, 0.5) is 34.6 Å². The van der Waals surface area contributed by atoms with Crippen molar-refractivity contribution in [2.45, 2.75) is 41.5 Å². The lowest BCUT2D eigenvalue weighted by Gasteiger charge is -2.37. The quantitative estimate of drug-likeness (QED) is 0.0891. The van der Waals surface area contributed by atoms with Gasteiger partial charge in [-0.1, -0.05) is 36.4 Å². The number of rotatable bonds is 11. The molecule has 1 fully saturated rings. The van der Waals surface area contributed by atoms with Crippen molar-refractivity contribution in [3.63, 3.8) is 0 Å². The van der Waals surface area contributed by atoms with Gasteiger partial charge in [0.05, 0.1) is 22.3 Å². The Kier molecular flexibility index (Phi) is 11.7. The monoisotopic (exact) mass is 823 g/mol. The molecule has 2 heterocycles. The minimum atomic E-state index is -5.53. The fraction of sp³-hybridized carbons (Fsp3) is 0.268. The summed E-state index contributed by atoms with van der Waals surface area (Å²) < 4.78 is 88.1. The molecule has 0 bridgehead atoms. The number of alkyl halides is 3. The maximum atomic E-state index is 13.7. The van der Waals surface area contributed by atoms with Gasteiger partial charge in [-0.15, -0.1) is 0 Å². The van der Waals surface area contributed by atoms with Crippen LogP contribution in [0.1, 0.15) is 18.5 Å². The Balaban J connectivity index is 0.977. The first kappa shape index (κ1) is 39.7. The Labute approximate surface area is 332 Å². The molecule has 2 aliphatic rings. The normalized spacial score (nSPS) is 17.9. The van der Waals surface area contributed by atoms with Crippen LogP contribution in [0.5, 0.6) is 5.75 Å². The van der Waals surface area contributed by atoms with Crippen molar-refractivity contribution in [2.75, 3.05) is 40.7 Å². The summed E-state index contributed by atoms with van der Waals surface area (Å²) in [4.78, 5) is 4.71. The van der Waals surface area contributed by atoms with E-state index in [0.29, 0.717) is 12.0 Å². The fourth-order valence-electron chi connectivity index (χ4n) is 7.08. The van der Waals surface area contributed by atoms with E-state index in [-0.39, 0.29) is 18.0 Å². The van der Waals surface area contributed by atoms with Gasteiger partial charge in [-0.2, -0.15) is 13.2 Å². The number of aromatic hydroxyl groups is 1. The lowest BCUT2D eigenvalue weighted by Crippen LogP contribution is -2.46. The van der Waals surface area contributed by atoms with E-state index in [0.717, 1.165) is 82.6 Å². The predicted octanol–water partition coefficient (Wildman–Crippen LogP) is 9.55. The van der Waals surface area contributed by atoms with E-state index >= 15 is 0 Å². The molecule has 7 rings (SSSR count). The Hall–Kier alpha value is -4.57. The molecule has 0 saturated carbocycles. The molecule has 4 aromatic carbocycles. The third kappa shape index (κ3) is 8.41. The van der Waals surface area contributed by atoms with E-state index in [1.54, 1.807) is 36.4 Å². The summed E-state index contributed by atoms with van der Waals surface area (Å²) in [6.45, 7) is 4.92. The summed E-state index contributed by atoms with van der Waals surface area (Å²) in [6.07, 6.45) is 1.93. The molecule has 15 heteroatoms. The van der Waals surface area contributed by atoms with Gasteiger partial charge in [0.25, 0.3) is 9.84 Å². The lowest BCUT2D eigenvalue weighted by molar-refractivity contribution is -0.0428. The van der Waals surface area contributed by atoms with Crippen LogP contribution >= 0.6 is 23.9 Å². The highest BCUT2D eigenvalue weighted by molar-refractivity contribution is 8.01. The Bertz CT molecular complexity index is 2290. The smallest absolute Gasteiger partial charge is 0.501 e. The summed E-state index contributed by atoms with van der Waals surface area (Å²) in [6, 6.07) is 30.2. The number of hydrogen-bond donors (Lipinski definition) is 3. The second-order valence-corrected chi connectivity index (χ2v) is 17.6. The molecule has 1 aromatic heterocycles. The van der Waals surface area contributed by atoms with Crippen LogP contribution in [-0.4, -0.2) is 61.1 Å². The van der Waals surface area contributed by atoms with E-state index in [1.807, 2.05) is 61.0 Å². The number of nitrogens with zero attached hydrogens (tertiary/aromatic N) is 3. The zero-order valence-corrected chi connectivity index (χ0v) is 33.1. The van der Waals surface area contributed by atoms with E-state index in [1.165, 1.54) is 30.2 Å². The minimum absolute atomic E-state index is 0.194. The highest BCUT2D eigenvalue weighted by Gasteiger charge is 2.51. The fourth-order valence-corrected chi connectivity index (χ4v) is 10.1. The van der Waals surface area contributed by atoms with Gasteiger partial charge in [-0.25, -0.2) is 12.8 Å². The molecule has 294 valence electrons. The first-order chi connectivity index (χ1) is 26.8. The van der Waals surface area contributed by atoms with Crippen LogP contribution in [-0.2, 0) is 16.9 Å². The number of sulfone groups is 1. The predicted molar refractivity (Wildman–Crippen MR) is 220 cm³/mol. The average molecular weight is 824 g/mol. The molecule has 2 atom stereocenters. The Morgan fingerprint density at radius 1 is 0.804 bits per heavy atom. The molecule has 2 unspecified atom stereocenters. The van der Waals surface area contributed by atoms with Crippen molar-refractivity contribution in [1.82, 2.24) is 9.29 Å². The SMILES string of the molecule is Cc1c(O)c(-c2cccc(N3CCN(c4ccc(NSC5C=C(S(=O)(=O)C(F)(F)F)C(NSc6ccccc6)CC5)cc4)CC3)c2)c(-c2ccc(F)cc2)n1C. The van der Waals surface area contributed by atoms with Crippen LogP contribution in [0.3, 0.4) is 0 Å². The zero-order valence-electron chi connectivity index (χ0n) is 30.6. The van der Waals surface area contributed by atoms with Gasteiger partial charge in [0.2, 0.25) is 0 Å². The molecule has 8 nitrogen and oxygen atoms in total. The van der Waals surface area contributed by atoms with E-state index < -0.39 is 31.5 Å². The number of hydrogen-bond acceptors (Lipinski definition) is 9. The largest absolute Gasteiger partial charge is 0.505 e. The number of benzene rings is 4.